The van der Waals surface area contributed by atoms with Crippen molar-refractivity contribution in [2.45, 2.75) is 77.0 Å². The number of nitrogens with zero attached hydrogens (tertiary/aromatic N) is 3. The number of carbonyl (C=O) groups is 1. The van der Waals surface area contributed by atoms with Gasteiger partial charge in [-0.3, -0.25) is 9.48 Å². The second-order valence-electron chi connectivity index (χ2n) is 7.99. The molecule has 6 nitrogen and oxygen atoms in total. The molecule has 0 atom stereocenters. The molecule has 0 radical (unpaired) electrons. The number of likely N-dealkylation sites (tertiary alicyclic amines) is 1. The Labute approximate surface area is 150 Å². The molecule has 1 aliphatic heterocycles. The number of rotatable bonds is 5. The largest absolute Gasteiger partial charge is 0.389 e. The van der Waals surface area contributed by atoms with Crippen LogP contribution < -0.4 is 5.32 Å². The van der Waals surface area contributed by atoms with Crippen LogP contribution in [0, 0.1) is 13.8 Å². The van der Waals surface area contributed by atoms with Gasteiger partial charge in [0.15, 0.2) is 0 Å². The molecule has 1 saturated heterocycles. The molecule has 1 aromatic rings. The summed E-state index contributed by atoms with van der Waals surface area (Å²) < 4.78 is 1.76. The minimum absolute atomic E-state index is 0.0376. The molecule has 140 valence electrons. The highest BCUT2D eigenvalue weighted by Crippen LogP contribution is 2.29. The van der Waals surface area contributed by atoms with Gasteiger partial charge >= 0.3 is 0 Å². The lowest BCUT2D eigenvalue weighted by Gasteiger charge is -2.40. The Hall–Kier alpha value is -1.40. The Bertz CT molecular complexity index is 584. The van der Waals surface area contributed by atoms with Crippen molar-refractivity contribution in [3.63, 3.8) is 0 Å². The van der Waals surface area contributed by atoms with E-state index in [1.165, 1.54) is 6.42 Å². The van der Waals surface area contributed by atoms with Crippen LogP contribution in [0.15, 0.2) is 6.07 Å². The highest BCUT2D eigenvalue weighted by Gasteiger charge is 2.32. The molecular formula is C19H32N4O2. The Morgan fingerprint density at radius 3 is 2.56 bits per heavy atom. The third kappa shape index (κ3) is 5.05. The molecule has 25 heavy (non-hydrogen) atoms. The molecule has 2 heterocycles. The summed E-state index contributed by atoms with van der Waals surface area (Å²) in [6.07, 6.45) is 7.34. The minimum atomic E-state index is -0.482. The van der Waals surface area contributed by atoms with Crippen molar-refractivity contribution < 1.29 is 9.90 Å². The second kappa shape index (κ2) is 7.87. The van der Waals surface area contributed by atoms with Crippen molar-refractivity contribution in [3.8, 4) is 0 Å². The predicted octanol–water partition coefficient (Wildman–Crippen LogP) is 1.78. The van der Waals surface area contributed by atoms with Gasteiger partial charge < -0.3 is 15.3 Å². The molecular weight excluding hydrogens is 316 g/mol. The number of carbonyl (C=O) groups excluding carboxylic acids is 1. The van der Waals surface area contributed by atoms with E-state index in [2.05, 4.69) is 15.3 Å². The highest BCUT2D eigenvalue weighted by atomic mass is 16.3. The number of aryl methyl sites for hydroxylation is 2. The first-order valence-electron chi connectivity index (χ1n) is 9.69. The van der Waals surface area contributed by atoms with Crippen molar-refractivity contribution in [1.82, 2.24) is 20.0 Å². The molecule has 3 rings (SSSR count). The summed E-state index contributed by atoms with van der Waals surface area (Å²) in [6, 6.07) is 2.23. The van der Waals surface area contributed by atoms with Crippen LogP contribution in [-0.2, 0) is 11.3 Å². The molecule has 0 unspecified atom stereocenters. The Kier molecular flexibility index (Phi) is 5.79. The molecule has 1 amide bonds. The molecule has 0 bridgehead atoms. The van der Waals surface area contributed by atoms with Gasteiger partial charge in [-0.05, 0) is 45.6 Å². The number of hydrogen-bond donors (Lipinski definition) is 2. The quantitative estimate of drug-likeness (QED) is 0.851. The molecule has 1 aliphatic carbocycles. The van der Waals surface area contributed by atoms with Crippen LogP contribution in [-0.4, -0.2) is 57.0 Å². The summed E-state index contributed by atoms with van der Waals surface area (Å²) in [6.45, 7) is 6.90. The summed E-state index contributed by atoms with van der Waals surface area (Å²) in [5.74, 6) is 0.0376. The number of β-amino-alcohol motifs (C(OH)–C–C–N with tert-alkyl or cyclic N) is 1. The molecule has 0 spiro atoms. The van der Waals surface area contributed by atoms with Gasteiger partial charge in [0, 0.05) is 31.4 Å². The zero-order valence-electron chi connectivity index (χ0n) is 15.6. The summed E-state index contributed by atoms with van der Waals surface area (Å²) >= 11 is 0. The minimum Gasteiger partial charge on any atom is -0.389 e. The first-order chi connectivity index (χ1) is 11.9. The van der Waals surface area contributed by atoms with Crippen molar-refractivity contribution >= 4 is 5.91 Å². The topological polar surface area (TPSA) is 70.4 Å². The van der Waals surface area contributed by atoms with Gasteiger partial charge in [-0.15, -0.1) is 0 Å². The monoisotopic (exact) mass is 348 g/mol. The molecule has 2 aliphatic rings. The number of piperidine rings is 1. The lowest BCUT2D eigenvalue weighted by molar-refractivity contribution is -0.123. The van der Waals surface area contributed by atoms with Crippen molar-refractivity contribution in [2.75, 3.05) is 19.6 Å². The van der Waals surface area contributed by atoms with E-state index in [0.717, 1.165) is 69.5 Å². The molecule has 2 fully saturated rings. The van der Waals surface area contributed by atoms with Crippen LogP contribution in [0.3, 0.4) is 0 Å². The Morgan fingerprint density at radius 1 is 1.28 bits per heavy atom. The maximum absolute atomic E-state index is 12.3. The van der Waals surface area contributed by atoms with E-state index in [0.29, 0.717) is 6.54 Å². The van der Waals surface area contributed by atoms with E-state index >= 15 is 0 Å². The van der Waals surface area contributed by atoms with E-state index in [-0.39, 0.29) is 11.9 Å². The Balaban J connectivity index is 1.41. The van der Waals surface area contributed by atoms with E-state index in [1.807, 2.05) is 19.9 Å². The van der Waals surface area contributed by atoms with E-state index in [4.69, 9.17) is 0 Å². The summed E-state index contributed by atoms with van der Waals surface area (Å²) in [7, 11) is 0. The summed E-state index contributed by atoms with van der Waals surface area (Å²) in [4.78, 5) is 14.6. The van der Waals surface area contributed by atoms with E-state index in [1.54, 1.807) is 4.68 Å². The summed E-state index contributed by atoms with van der Waals surface area (Å²) in [5.41, 5.74) is 1.48. The average molecular weight is 348 g/mol. The molecule has 1 saturated carbocycles. The third-order valence-electron chi connectivity index (χ3n) is 5.65. The van der Waals surface area contributed by atoms with Crippen LogP contribution in [0.25, 0.3) is 0 Å². The van der Waals surface area contributed by atoms with E-state index in [9.17, 15) is 9.90 Å². The predicted molar refractivity (Wildman–Crippen MR) is 97.3 cm³/mol. The number of nitrogens with one attached hydrogen (secondary N) is 1. The van der Waals surface area contributed by atoms with Crippen LogP contribution >= 0.6 is 0 Å². The van der Waals surface area contributed by atoms with Crippen LogP contribution in [0.5, 0.6) is 0 Å². The first-order valence-corrected chi connectivity index (χ1v) is 9.69. The van der Waals surface area contributed by atoms with Gasteiger partial charge in [0.2, 0.25) is 5.91 Å². The molecule has 2 N–H and O–H groups in total. The highest BCUT2D eigenvalue weighted by molar-refractivity contribution is 5.76. The molecule has 1 aromatic heterocycles. The smallest absolute Gasteiger partial charge is 0.241 e. The fraction of sp³-hybridized carbons (Fsp3) is 0.789. The number of aromatic nitrogens is 2. The van der Waals surface area contributed by atoms with E-state index < -0.39 is 5.60 Å². The SMILES string of the molecule is Cc1cc(C)n(CC(=O)NC2CCN(CC3(O)CCCCC3)CC2)n1. The lowest BCUT2D eigenvalue weighted by atomic mass is 9.84. The zero-order chi connectivity index (χ0) is 17.9. The van der Waals surface area contributed by atoms with Crippen molar-refractivity contribution in [1.29, 1.82) is 0 Å². The summed E-state index contributed by atoms with van der Waals surface area (Å²) in [5, 5.41) is 18.2. The average Bonchev–Trinajstić information content (AvgIpc) is 2.87. The maximum atomic E-state index is 12.3. The van der Waals surface area contributed by atoms with Crippen LogP contribution in [0.2, 0.25) is 0 Å². The molecule has 0 aromatic carbocycles. The first kappa shape index (κ1) is 18.4. The number of aliphatic hydroxyl groups is 1. The third-order valence-corrected chi connectivity index (χ3v) is 5.65. The van der Waals surface area contributed by atoms with Crippen LogP contribution in [0.1, 0.15) is 56.3 Å². The normalized spacial score (nSPS) is 22.0. The number of hydrogen-bond acceptors (Lipinski definition) is 4. The van der Waals surface area contributed by atoms with Crippen molar-refractivity contribution in [3.05, 3.63) is 17.5 Å². The zero-order valence-corrected chi connectivity index (χ0v) is 15.6. The van der Waals surface area contributed by atoms with Crippen LogP contribution in [0.4, 0.5) is 0 Å². The lowest BCUT2D eigenvalue weighted by Crippen LogP contribution is -2.50. The fourth-order valence-corrected chi connectivity index (χ4v) is 4.26. The van der Waals surface area contributed by atoms with Gasteiger partial charge in [0.1, 0.15) is 6.54 Å². The van der Waals surface area contributed by atoms with Gasteiger partial charge in [-0.1, -0.05) is 19.3 Å². The second-order valence-corrected chi connectivity index (χ2v) is 7.99. The van der Waals surface area contributed by atoms with Gasteiger partial charge in [0.25, 0.3) is 0 Å². The van der Waals surface area contributed by atoms with Gasteiger partial charge in [0.05, 0.1) is 11.3 Å². The number of amides is 1. The van der Waals surface area contributed by atoms with Crippen molar-refractivity contribution in [2.24, 2.45) is 0 Å². The molecule has 6 heteroatoms. The fourth-order valence-electron chi connectivity index (χ4n) is 4.26. The Morgan fingerprint density at radius 2 is 1.96 bits per heavy atom. The maximum Gasteiger partial charge on any atom is 0.241 e. The van der Waals surface area contributed by atoms with Gasteiger partial charge in [-0.2, -0.15) is 5.10 Å². The standard InChI is InChI=1S/C19H32N4O2/c1-15-12-16(2)23(21-15)13-18(24)20-17-6-10-22(11-7-17)14-19(25)8-4-3-5-9-19/h12,17,25H,3-11,13-14H2,1-2H3,(H,20,24). The van der Waals surface area contributed by atoms with Gasteiger partial charge in [-0.25, -0.2) is 0 Å².